The van der Waals surface area contributed by atoms with Gasteiger partial charge in [-0.3, -0.25) is 0 Å². The van der Waals surface area contributed by atoms with E-state index in [9.17, 15) is 14.7 Å². The molecule has 0 aromatic heterocycles. The Bertz CT molecular complexity index is 712. The normalized spacial score (nSPS) is 14.2. The van der Waals surface area contributed by atoms with E-state index in [1.807, 2.05) is 54.6 Å². The third-order valence-corrected chi connectivity index (χ3v) is 3.79. The van der Waals surface area contributed by atoms with Gasteiger partial charge in [0.1, 0.15) is 6.10 Å². The Morgan fingerprint density at radius 3 is 2.04 bits per heavy atom. The number of nitrogens with one attached hydrogen (secondary N) is 1. The molecule has 0 fully saturated rings. The number of hydrogen-bond acceptors (Lipinski definition) is 4. The number of hydrogen-bond donors (Lipinski definition) is 3. The van der Waals surface area contributed by atoms with Crippen LogP contribution in [0.5, 0.6) is 0 Å². The lowest BCUT2D eigenvalue weighted by Crippen LogP contribution is -2.47. The zero-order valence-electron chi connectivity index (χ0n) is 14.0. The van der Waals surface area contributed by atoms with Gasteiger partial charge in [0.25, 0.3) is 0 Å². The van der Waals surface area contributed by atoms with Crippen LogP contribution in [0.4, 0.5) is 4.79 Å². The van der Waals surface area contributed by atoms with E-state index in [-0.39, 0.29) is 0 Å². The Labute approximate surface area is 146 Å². The Balaban J connectivity index is 1.99. The highest BCUT2D eigenvalue weighted by Crippen LogP contribution is 2.23. The molecule has 6 heteroatoms. The lowest BCUT2D eigenvalue weighted by Gasteiger charge is -2.19. The van der Waals surface area contributed by atoms with Crippen molar-refractivity contribution in [3.05, 3.63) is 60.2 Å². The summed E-state index contributed by atoms with van der Waals surface area (Å²) in [5.74, 6) is -1.33. The summed E-state index contributed by atoms with van der Waals surface area (Å²) < 4.78 is 5.19. The number of aliphatic carboxylic acids is 1. The van der Waals surface area contributed by atoms with E-state index < -0.39 is 30.3 Å². The average Bonchev–Trinajstić information content (AvgIpc) is 2.60. The lowest BCUT2D eigenvalue weighted by atomic mass is 10.0. The van der Waals surface area contributed by atoms with Gasteiger partial charge in [0, 0.05) is 0 Å². The maximum Gasteiger partial charge on any atom is 0.408 e. The fourth-order valence-electron chi connectivity index (χ4n) is 2.36. The predicted molar refractivity (Wildman–Crippen MR) is 93.0 cm³/mol. The number of amides is 1. The lowest BCUT2D eigenvalue weighted by molar-refractivity contribution is -0.142. The second kappa shape index (κ2) is 8.30. The third-order valence-electron chi connectivity index (χ3n) is 3.79. The molecule has 0 aliphatic carbocycles. The maximum absolute atomic E-state index is 11.8. The summed E-state index contributed by atoms with van der Waals surface area (Å²) in [5, 5.41) is 20.5. The van der Waals surface area contributed by atoms with Gasteiger partial charge in [0.15, 0.2) is 6.04 Å². The summed E-state index contributed by atoms with van der Waals surface area (Å²) in [6.45, 7) is 2.97. The van der Waals surface area contributed by atoms with Crippen LogP contribution >= 0.6 is 0 Å². The van der Waals surface area contributed by atoms with Crippen molar-refractivity contribution < 1.29 is 24.5 Å². The molecule has 0 aliphatic heterocycles. The first-order valence-electron chi connectivity index (χ1n) is 7.92. The zero-order chi connectivity index (χ0) is 18.4. The fraction of sp³-hybridized carbons (Fsp3) is 0.263. The van der Waals surface area contributed by atoms with Gasteiger partial charge < -0.3 is 20.3 Å². The molecule has 25 heavy (non-hydrogen) atoms. The first-order valence-corrected chi connectivity index (χ1v) is 7.92. The number of aliphatic hydroxyl groups excluding tert-OH is 1. The summed E-state index contributed by atoms with van der Waals surface area (Å²) in [6.07, 6.45) is -2.69. The number of aliphatic hydroxyl groups is 1. The smallest absolute Gasteiger partial charge is 0.408 e. The monoisotopic (exact) mass is 343 g/mol. The van der Waals surface area contributed by atoms with Gasteiger partial charge in [-0.05, 0) is 30.5 Å². The molecular weight excluding hydrogens is 322 g/mol. The van der Waals surface area contributed by atoms with E-state index in [0.29, 0.717) is 0 Å². The second-order valence-corrected chi connectivity index (χ2v) is 5.74. The standard InChI is InChI=1S/C19H21NO5/c1-12(21)17(18(22)23)20-19(24)25-13(2)14-8-10-16(11-9-14)15-6-4-3-5-7-15/h3-13,17,21H,1-2H3,(H,20,24)(H,22,23)/t12-,13?,17+/m0/s1. The van der Waals surface area contributed by atoms with Gasteiger partial charge in [-0.1, -0.05) is 54.6 Å². The van der Waals surface area contributed by atoms with Crippen molar-refractivity contribution in [3.63, 3.8) is 0 Å². The highest BCUT2D eigenvalue weighted by molar-refractivity contribution is 5.80. The van der Waals surface area contributed by atoms with E-state index in [1.165, 1.54) is 6.92 Å². The zero-order valence-corrected chi connectivity index (χ0v) is 14.0. The molecular formula is C19H21NO5. The minimum absolute atomic E-state index is 0.562. The molecule has 0 saturated heterocycles. The van der Waals surface area contributed by atoms with Crippen molar-refractivity contribution in [3.8, 4) is 11.1 Å². The van der Waals surface area contributed by atoms with Gasteiger partial charge in [-0.2, -0.15) is 0 Å². The minimum atomic E-state index is -1.42. The highest BCUT2D eigenvalue weighted by atomic mass is 16.6. The molecule has 0 aliphatic rings. The molecule has 3 atom stereocenters. The van der Waals surface area contributed by atoms with Crippen molar-refractivity contribution in [2.45, 2.75) is 32.1 Å². The third kappa shape index (κ3) is 5.06. The number of alkyl carbamates (subject to hydrolysis) is 1. The van der Waals surface area contributed by atoms with Crippen molar-refractivity contribution in [2.24, 2.45) is 0 Å². The van der Waals surface area contributed by atoms with E-state index >= 15 is 0 Å². The first kappa shape index (κ1) is 18.5. The van der Waals surface area contributed by atoms with Crippen LogP contribution in [0, 0.1) is 0 Å². The van der Waals surface area contributed by atoms with Crippen molar-refractivity contribution in [1.29, 1.82) is 0 Å². The number of rotatable bonds is 6. The van der Waals surface area contributed by atoms with Crippen LogP contribution in [0.3, 0.4) is 0 Å². The van der Waals surface area contributed by atoms with E-state index in [0.717, 1.165) is 16.7 Å². The number of carbonyl (C=O) groups is 2. The molecule has 2 aromatic carbocycles. The number of carbonyl (C=O) groups excluding carboxylic acids is 1. The molecule has 0 spiro atoms. The molecule has 3 N–H and O–H groups in total. The number of ether oxygens (including phenoxy) is 1. The van der Waals surface area contributed by atoms with Gasteiger partial charge in [-0.25, -0.2) is 9.59 Å². The molecule has 0 bridgehead atoms. The van der Waals surface area contributed by atoms with Crippen LogP contribution in [0.1, 0.15) is 25.5 Å². The summed E-state index contributed by atoms with van der Waals surface area (Å²) >= 11 is 0. The summed E-state index contributed by atoms with van der Waals surface area (Å²) in [4.78, 5) is 22.8. The van der Waals surface area contributed by atoms with Gasteiger partial charge in [0.2, 0.25) is 0 Å². The van der Waals surface area contributed by atoms with Crippen molar-refractivity contribution >= 4 is 12.1 Å². The SMILES string of the molecule is CC(OC(=O)N[C@@H](C(=O)O)[C@H](C)O)c1ccc(-c2ccccc2)cc1. The van der Waals surface area contributed by atoms with Crippen LogP contribution in [0.15, 0.2) is 54.6 Å². The van der Waals surface area contributed by atoms with E-state index in [2.05, 4.69) is 5.32 Å². The number of carboxylic acids is 1. The first-order chi connectivity index (χ1) is 11.9. The van der Waals surface area contributed by atoms with Crippen LogP contribution in [-0.4, -0.2) is 34.4 Å². The van der Waals surface area contributed by atoms with Gasteiger partial charge in [0.05, 0.1) is 6.10 Å². The summed E-state index contributed by atoms with van der Waals surface area (Å²) in [5.41, 5.74) is 2.90. The average molecular weight is 343 g/mol. The molecule has 0 heterocycles. The molecule has 1 amide bonds. The van der Waals surface area contributed by atoms with Crippen LogP contribution in [0.2, 0.25) is 0 Å². The highest BCUT2D eigenvalue weighted by Gasteiger charge is 2.26. The van der Waals surface area contributed by atoms with Gasteiger partial charge >= 0.3 is 12.1 Å². The Morgan fingerprint density at radius 1 is 0.960 bits per heavy atom. The van der Waals surface area contributed by atoms with Gasteiger partial charge in [-0.15, -0.1) is 0 Å². The van der Waals surface area contributed by atoms with Crippen molar-refractivity contribution in [2.75, 3.05) is 0 Å². The molecule has 2 aromatic rings. The molecule has 132 valence electrons. The van der Waals surface area contributed by atoms with E-state index in [4.69, 9.17) is 9.84 Å². The number of carboxylic acid groups (broad SMARTS) is 1. The maximum atomic E-state index is 11.8. The summed E-state index contributed by atoms with van der Waals surface area (Å²) in [7, 11) is 0. The number of benzene rings is 2. The van der Waals surface area contributed by atoms with Crippen LogP contribution in [-0.2, 0) is 9.53 Å². The second-order valence-electron chi connectivity index (χ2n) is 5.74. The van der Waals surface area contributed by atoms with Crippen LogP contribution in [0.25, 0.3) is 11.1 Å². The Hall–Kier alpha value is -2.86. The topological polar surface area (TPSA) is 95.9 Å². The quantitative estimate of drug-likeness (QED) is 0.749. The molecule has 2 rings (SSSR count). The van der Waals surface area contributed by atoms with Crippen molar-refractivity contribution in [1.82, 2.24) is 5.32 Å². The Morgan fingerprint density at radius 2 is 1.52 bits per heavy atom. The predicted octanol–water partition coefficient (Wildman–Crippen LogP) is 2.97. The molecule has 6 nitrogen and oxygen atoms in total. The van der Waals surface area contributed by atoms with E-state index in [1.54, 1.807) is 6.92 Å². The van der Waals surface area contributed by atoms with Crippen LogP contribution < -0.4 is 5.32 Å². The fourth-order valence-corrected chi connectivity index (χ4v) is 2.36. The molecule has 0 saturated carbocycles. The Kier molecular flexibility index (Phi) is 6.14. The molecule has 0 radical (unpaired) electrons. The largest absolute Gasteiger partial charge is 0.480 e. The molecule has 1 unspecified atom stereocenters. The minimum Gasteiger partial charge on any atom is -0.480 e. The summed E-state index contributed by atoms with van der Waals surface area (Å²) in [6, 6.07) is 16.0.